The Kier molecular flexibility index (Phi) is 5.18. The largest absolute Gasteiger partial charge is 0.477 e. The van der Waals surface area contributed by atoms with Gasteiger partial charge in [0.05, 0.1) is 4.90 Å². The molecule has 5 nitrogen and oxygen atoms in total. The second-order valence-corrected chi connectivity index (χ2v) is 10.2. The Morgan fingerprint density at radius 2 is 1.86 bits per heavy atom. The van der Waals surface area contributed by atoms with Gasteiger partial charge in [0, 0.05) is 28.7 Å². The fraction of sp³-hybridized carbons (Fsp3) is 0.250. The lowest BCUT2D eigenvalue weighted by Crippen LogP contribution is -2.39. The monoisotopic (exact) mass is 435 g/mol. The quantitative estimate of drug-likeness (QED) is 0.637. The Morgan fingerprint density at radius 3 is 2.57 bits per heavy atom. The van der Waals surface area contributed by atoms with E-state index in [4.69, 9.17) is 11.6 Å². The van der Waals surface area contributed by atoms with Crippen LogP contribution in [0.4, 0.5) is 0 Å². The van der Waals surface area contributed by atoms with Crippen molar-refractivity contribution in [3.63, 3.8) is 0 Å². The Labute approximate surface area is 172 Å². The molecule has 3 aromatic rings. The van der Waals surface area contributed by atoms with Crippen LogP contribution in [-0.4, -0.2) is 36.9 Å². The molecule has 146 valence electrons. The van der Waals surface area contributed by atoms with Crippen LogP contribution in [0.2, 0.25) is 5.02 Å². The minimum absolute atomic E-state index is 0.155. The highest BCUT2D eigenvalue weighted by Crippen LogP contribution is 2.40. The van der Waals surface area contributed by atoms with Crippen molar-refractivity contribution in [2.45, 2.75) is 23.7 Å². The van der Waals surface area contributed by atoms with Gasteiger partial charge in [0.1, 0.15) is 4.88 Å². The van der Waals surface area contributed by atoms with Crippen molar-refractivity contribution in [3.05, 3.63) is 64.0 Å². The number of thiophene rings is 1. The van der Waals surface area contributed by atoms with Crippen LogP contribution in [0.5, 0.6) is 0 Å². The van der Waals surface area contributed by atoms with Crippen LogP contribution < -0.4 is 0 Å². The van der Waals surface area contributed by atoms with E-state index in [2.05, 4.69) is 0 Å². The minimum Gasteiger partial charge on any atom is -0.477 e. The van der Waals surface area contributed by atoms with Crippen molar-refractivity contribution < 1.29 is 18.3 Å². The average molecular weight is 436 g/mol. The standard InChI is InChI=1S/C20H18ClNO4S2/c21-14-7-9-15(10-8-14)28(25,26)22-11-3-4-13(12-22)18-16-5-1-2-6-17(16)27-19(18)20(23)24/h1-2,5-10,13H,3-4,11-12H2,(H,23,24). The first kappa shape index (κ1) is 19.4. The van der Waals surface area contributed by atoms with E-state index < -0.39 is 16.0 Å². The van der Waals surface area contributed by atoms with E-state index in [-0.39, 0.29) is 17.4 Å². The number of carboxylic acids is 1. The van der Waals surface area contributed by atoms with Gasteiger partial charge in [-0.1, -0.05) is 29.8 Å². The van der Waals surface area contributed by atoms with Crippen LogP contribution in [0.25, 0.3) is 10.1 Å². The van der Waals surface area contributed by atoms with E-state index >= 15 is 0 Å². The molecule has 28 heavy (non-hydrogen) atoms. The lowest BCUT2D eigenvalue weighted by Gasteiger charge is -2.32. The molecule has 1 fully saturated rings. The van der Waals surface area contributed by atoms with Crippen LogP contribution in [0.3, 0.4) is 0 Å². The average Bonchev–Trinajstić information content (AvgIpc) is 3.08. The summed E-state index contributed by atoms with van der Waals surface area (Å²) in [5.41, 5.74) is 0.754. The summed E-state index contributed by atoms with van der Waals surface area (Å²) in [4.78, 5) is 12.3. The number of sulfonamides is 1. The van der Waals surface area contributed by atoms with Crippen LogP contribution in [0, 0.1) is 0 Å². The number of aromatic carboxylic acids is 1. The SMILES string of the molecule is O=C(O)c1sc2ccccc2c1C1CCCN(S(=O)(=O)c2ccc(Cl)cc2)C1. The number of piperidine rings is 1. The predicted molar refractivity (Wildman–Crippen MR) is 111 cm³/mol. The van der Waals surface area contributed by atoms with Crippen LogP contribution in [0.15, 0.2) is 53.4 Å². The van der Waals surface area contributed by atoms with Gasteiger partial charge in [-0.15, -0.1) is 11.3 Å². The van der Waals surface area contributed by atoms with Gasteiger partial charge in [-0.05, 0) is 54.1 Å². The molecule has 0 radical (unpaired) electrons. The highest BCUT2D eigenvalue weighted by molar-refractivity contribution is 7.89. The fourth-order valence-electron chi connectivity index (χ4n) is 3.78. The van der Waals surface area contributed by atoms with Crippen LogP contribution in [0.1, 0.15) is 34.0 Å². The molecule has 1 atom stereocenters. The first-order valence-electron chi connectivity index (χ1n) is 8.88. The topological polar surface area (TPSA) is 74.7 Å². The maximum atomic E-state index is 13.1. The molecule has 0 amide bonds. The number of halogens is 1. The first-order valence-corrected chi connectivity index (χ1v) is 11.5. The number of carbonyl (C=O) groups is 1. The van der Waals surface area contributed by atoms with Gasteiger partial charge in [-0.2, -0.15) is 4.31 Å². The lowest BCUT2D eigenvalue weighted by atomic mass is 9.89. The lowest BCUT2D eigenvalue weighted by molar-refractivity contribution is 0.0700. The number of benzene rings is 2. The number of nitrogens with zero attached hydrogens (tertiary/aromatic N) is 1. The molecule has 4 rings (SSSR count). The van der Waals surface area contributed by atoms with E-state index in [0.29, 0.717) is 22.9 Å². The zero-order valence-electron chi connectivity index (χ0n) is 14.8. The molecule has 2 aromatic carbocycles. The number of fused-ring (bicyclic) bond motifs is 1. The van der Waals surface area contributed by atoms with E-state index in [1.54, 1.807) is 12.1 Å². The molecule has 8 heteroatoms. The van der Waals surface area contributed by atoms with Gasteiger partial charge in [0.2, 0.25) is 10.0 Å². The predicted octanol–water partition coefficient (Wildman–Crippen LogP) is 4.82. The number of rotatable bonds is 4. The van der Waals surface area contributed by atoms with Crippen molar-refractivity contribution in [3.8, 4) is 0 Å². The Hall–Kier alpha value is -1.93. The van der Waals surface area contributed by atoms with E-state index in [1.165, 1.54) is 27.8 Å². The van der Waals surface area contributed by atoms with Crippen molar-refractivity contribution in [2.75, 3.05) is 13.1 Å². The molecule has 1 aliphatic rings. The summed E-state index contributed by atoms with van der Waals surface area (Å²) in [5.74, 6) is -1.12. The molecular weight excluding hydrogens is 418 g/mol. The smallest absolute Gasteiger partial charge is 0.346 e. The molecular formula is C20H18ClNO4S2. The fourth-order valence-corrected chi connectivity index (χ4v) is 6.56. The molecule has 1 unspecified atom stereocenters. The van der Waals surface area contributed by atoms with Gasteiger partial charge in [-0.25, -0.2) is 13.2 Å². The third kappa shape index (κ3) is 3.43. The zero-order chi connectivity index (χ0) is 19.9. The Balaban J connectivity index is 1.72. The van der Waals surface area contributed by atoms with Gasteiger partial charge in [0.15, 0.2) is 0 Å². The highest BCUT2D eigenvalue weighted by atomic mass is 35.5. The maximum Gasteiger partial charge on any atom is 0.346 e. The highest BCUT2D eigenvalue weighted by Gasteiger charge is 2.34. The van der Waals surface area contributed by atoms with Gasteiger partial charge >= 0.3 is 5.97 Å². The molecule has 2 heterocycles. The molecule has 0 aliphatic carbocycles. The van der Waals surface area contributed by atoms with Gasteiger partial charge in [0.25, 0.3) is 0 Å². The molecule has 0 bridgehead atoms. The molecule has 1 saturated heterocycles. The first-order chi connectivity index (χ1) is 13.4. The molecule has 1 N–H and O–H groups in total. The van der Waals surface area contributed by atoms with Crippen LogP contribution in [-0.2, 0) is 10.0 Å². The number of hydrogen-bond acceptors (Lipinski definition) is 4. The van der Waals surface area contributed by atoms with Crippen molar-refractivity contribution >= 4 is 49.0 Å². The second kappa shape index (κ2) is 7.48. The maximum absolute atomic E-state index is 13.1. The number of hydrogen-bond donors (Lipinski definition) is 1. The summed E-state index contributed by atoms with van der Waals surface area (Å²) in [6.45, 7) is 0.692. The normalized spacial score (nSPS) is 18.4. The van der Waals surface area contributed by atoms with Crippen molar-refractivity contribution in [2.24, 2.45) is 0 Å². The molecule has 1 aromatic heterocycles. The second-order valence-electron chi connectivity index (χ2n) is 6.80. The molecule has 1 aliphatic heterocycles. The van der Waals surface area contributed by atoms with Crippen molar-refractivity contribution in [1.29, 1.82) is 0 Å². The third-order valence-electron chi connectivity index (χ3n) is 5.07. The number of carboxylic acid groups (broad SMARTS) is 1. The molecule has 0 spiro atoms. The summed E-state index contributed by atoms with van der Waals surface area (Å²) in [6, 6.07) is 13.7. The van der Waals surface area contributed by atoms with E-state index in [0.717, 1.165) is 22.1 Å². The summed E-state index contributed by atoms with van der Waals surface area (Å²) >= 11 is 7.13. The zero-order valence-corrected chi connectivity index (χ0v) is 17.2. The van der Waals surface area contributed by atoms with Gasteiger partial charge < -0.3 is 5.11 Å². The van der Waals surface area contributed by atoms with E-state index in [9.17, 15) is 18.3 Å². The summed E-state index contributed by atoms with van der Waals surface area (Å²) in [6.07, 6.45) is 1.44. The third-order valence-corrected chi connectivity index (χ3v) is 8.38. The van der Waals surface area contributed by atoms with E-state index in [1.807, 2.05) is 24.3 Å². The molecule has 0 saturated carbocycles. The summed E-state index contributed by atoms with van der Waals surface area (Å²) < 4.78 is 28.5. The minimum atomic E-state index is -3.66. The van der Waals surface area contributed by atoms with Crippen LogP contribution >= 0.6 is 22.9 Å². The summed E-state index contributed by atoms with van der Waals surface area (Å²) in [7, 11) is -3.66. The Morgan fingerprint density at radius 1 is 1.14 bits per heavy atom. The van der Waals surface area contributed by atoms with Gasteiger partial charge in [-0.3, -0.25) is 0 Å². The summed E-state index contributed by atoms with van der Waals surface area (Å²) in [5, 5.41) is 11.1. The van der Waals surface area contributed by atoms with Crippen molar-refractivity contribution in [1.82, 2.24) is 4.31 Å². The Bertz CT molecular complexity index is 1140.